The van der Waals surface area contributed by atoms with Gasteiger partial charge in [-0.2, -0.15) is 10.1 Å². The molecule has 1 N–H and O–H groups in total. The smallest absolute Gasteiger partial charge is 0.276 e. The fraction of sp³-hybridized carbons (Fsp3) is 0.529. The standard InChI is InChI=1S/C17H20N2O2/c1-10-13-14-12(16(14,2)3)9-17(13,21)19(18-10)15(20)11-7-5-4-6-8-11/h4-8,12-14,21H,9H2,1-3H3/t12-,13+,14-,17+/m1/s1. The van der Waals surface area contributed by atoms with Gasteiger partial charge < -0.3 is 5.11 Å². The van der Waals surface area contributed by atoms with Crippen LogP contribution in [0.25, 0.3) is 0 Å². The summed E-state index contributed by atoms with van der Waals surface area (Å²) in [6.45, 7) is 6.43. The van der Waals surface area contributed by atoms with Crippen LogP contribution in [0.3, 0.4) is 0 Å². The van der Waals surface area contributed by atoms with Gasteiger partial charge in [0.05, 0.1) is 5.92 Å². The van der Waals surface area contributed by atoms with Gasteiger partial charge in [0.1, 0.15) is 0 Å². The molecule has 2 saturated carbocycles. The summed E-state index contributed by atoms with van der Waals surface area (Å²) in [5.41, 5.74) is 0.601. The van der Waals surface area contributed by atoms with E-state index in [9.17, 15) is 9.90 Å². The average Bonchev–Trinajstić information content (AvgIpc) is 2.76. The number of benzene rings is 1. The van der Waals surface area contributed by atoms with Crippen molar-refractivity contribution in [3.8, 4) is 0 Å². The molecule has 3 aliphatic rings. The van der Waals surface area contributed by atoms with Crippen LogP contribution in [0, 0.1) is 23.2 Å². The second-order valence-corrected chi connectivity index (χ2v) is 7.24. The second-order valence-electron chi connectivity index (χ2n) is 7.24. The molecule has 4 rings (SSSR count). The van der Waals surface area contributed by atoms with Crippen molar-refractivity contribution < 1.29 is 9.90 Å². The molecule has 110 valence electrons. The Bertz CT molecular complexity index is 652. The molecule has 4 nitrogen and oxygen atoms in total. The lowest BCUT2D eigenvalue weighted by molar-refractivity contribution is -0.100. The Labute approximate surface area is 124 Å². The van der Waals surface area contributed by atoms with Crippen LogP contribution in [0.4, 0.5) is 0 Å². The Hall–Kier alpha value is -1.68. The summed E-state index contributed by atoms with van der Waals surface area (Å²) in [6.07, 6.45) is 0.634. The van der Waals surface area contributed by atoms with Gasteiger partial charge in [0.25, 0.3) is 5.91 Å². The Morgan fingerprint density at radius 3 is 2.67 bits per heavy atom. The molecule has 0 saturated heterocycles. The fourth-order valence-corrected chi connectivity index (χ4v) is 4.62. The lowest BCUT2D eigenvalue weighted by atomic mass is 9.84. The molecule has 1 aromatic carbocycles. The van der Waals surface area contributed by atoms with E-state index in [0.717, 1.165) is 5.71 Å². The van der Waals surface area contributed by atoms with Gasteiger partial charge >= 0.3 is 0 Å². The molecule has 4 heteroatoms. The van der Waals surface area contributed by atoms with E-state index in [2.05, 4.69) is 18.9 Å². The van der Waals surface area contributed by atoms with E-state index < -0.39 is 5.72 Å². The summed E-state index contributed by atoms with van der Waals surface area (Å²) in [6, 6.07) is 9.07. The van der Waals surface area contributed by atoms with Crippen molar-refractivity contribution in [2.45, 2.75) is 32.9 Å². The third-order valence-electron chi connectivity index (χ3n) is 5.80. The molecule has 1 amide bonds. The van der Waals surface area contributed by atoms with Crippen molar-refractivity contribution in [3.05, 3.63) is 35.9 Å². The molecule has 0 aromatic heterocycles. The maximum atomic E-state index is 12.7. The number of hydrogen-bond donors (Lipinski definition) is 1. The van der Waals surface area contributed by atoms with Crippen LogP contribution >= 0.6 is 0 Å². The maximum Gasteiger partial charge on any atom is 0.276 e. The number of rotatable bonds is 1. The molecular formula is C17H20N2O2. The monoisotopic (exact) mass is 284 g/mol. The van der Waals surface area contributed by atoms with E-state index in [1.807, 2.05) is 25.1 Å². The van der Waals surface area contributed by atoms with Crippen molar-refractivity contribution in [3.63, 3.8) is 0 Å². The first-order valence-corrected chi connectivity index (χ1v) is 7.54. The van der Waals surface area contributed by atoms with Crippen LogP contribution in [-0.2, 0) is 0 Å². The number of amides is 1. The van der Waals surface area contributed by atoms with E-state index in [1.54, 1.807) is 12.1 Å². The van der Waals surface area contributed by atoms with E-state index in [1.165, 1.54) is 5.01 Å². The summed E-state index contributed by atoms with van der Waals surface area (Å²) < 4.78 is 0. The molecule has 0 radical (unpaired) electrons. The number of aliphatic hydroxyl groups is 1. The third kappa shape index (κ3) is 1.49. The molecular weight excluding hydrogens is 264 g/mol. The summed E-state index contributed by atoms with van der Waals surface area (Å²) in [4.78, 5) is 12.7. The van der Waals surface area contributed by atoms with Gasteiger partial charge in [0, 0.05) is 17.7 Å². The van der Waals surface area contributed by atoms with Crippen LogP contribution < -0.4 is 0 Å². The minimum atomic E-state index is -1.12. The SMILES string of the molecule is CC1=NN(C(=O)c2ccccc2)[C@]2(O)C[C@@H]3[C@H]([C@H]12)C3(C)C. The number of carbonyl (C=O) groups is 1. The first-order chi connectivity index (χ1) is 9.87. The van der Waals surface area contributed by atoms with Crippen LogP contribution in [0.15, 0.2) is 35.4 Å². The van der Waals surface area contributed by atoms with E-state index in [4.69, 9.17) is 0 Å². The summed E-state index contributed by atoms with van der Waals surface area (Å²) >= 11 is 0. The Balaban J connectivity index is 1.69. The number of fused-ring (bicyclic) bond motifs is 3. The van der Waals surface area contributed by atoms with Crippen LogP contribution in [-0.4, -0.2) is 27.5 Å². The molecule has 0 spiro atoms. The fourth-order valence-electron chi connectivity index (χ4n) is 4.62. The second kappa shape index (κ2) is 3.74. The zero-order valence-electron chi connectivity index (χ0n) is 12.6. The highest BCUT2D eigenvalue weighted by Gasteiger charge is 2.75. The highest BCUT2D eigenvalue weighted by Crippen LogP contribution is 2.73. The summed E-state index contributed by atoms with van der Waals surface area (Å²) in [5, 5.41) is 16.9. The number of hydrazone groups is 1. The maximum absolute atomic E-state index is 12.7. The molecule has 0 bridgehead atoms. The predicted molar refractivity (Wildman–Crippen MR) is 79.5 cm³/mol. The summed E-state index contributed by atoms with van der Waals surface area (Å²) in [7, 11) is 0. The summed E-state index contributed by atoms with van der Waals surface area (Å²) in [5.74, 6) is 0.716. The molecule has 0 unspecified atom stereocenters. The Kier molecular flexibility index (Phi) is 2.32. The topological polar surface area (TPSA) is 52.9 Å². The van der Waals surface area contributed by atoms with Crippen molar-refractivity contribution in [1.29, 1.82) is 0 Å². The zero-order chi connectivity index (χ0) is 15.0. The predicted octanol–water partition coefficient (Wildman–Crippen LogP) is 2.50. The minimum absolute atomic E-state index is 0.00911. The van der Waals surface area contributed by atoms with Gasteiger partial charge in [0.15, 0.2) is 5.72 Å². The van der Waals surface area contributed by atoms with Gasteiger partial charge in [0.2, 0.25) is 0 Å². The van der Waals surface area contributed by atoms with Crippen LogP contribution in [0.5, 0.6) is 0 Å². The van der Waals surface area contributed by atoms with Crippen LogP contribution in [0.2, 0.25) is 0 Å². The van der Waals surface area contributed by atoms with Gasteiger partial charge in [-0.25, -0.2) is 0 Å². The molecule has 21 heavy (non-hydrogen) atoms. The Morgan fingerprint density at radius 1 is 1.33 bits per heavy atom. The van der Waals surface area contributed by atoms with Gasteiger partial charge in [-0.05, 0) is 36.3 Å². The first kappa shape index (κ1) is 13.0. The van der Waals surface area contributed by atoms with Crippen molar-refractivity contribution in [1.82, 2.24) is 5.01 Å². The minimum Gasteiger partial charge on any atom is -0.368 e. The molecule has 1 aromatic rings. The first-order valence-electron chi connectivity index (χ1n) is 7.54. The van der Waals surface area contributed by atoms with Crippen molar-refractivity contribution in [2.24, 2.45) is 28.3 Å². The molecule has 4 atom stereocenters. The molecule has 2 aliphatic carbocycles. The van der Waals surface area contributed by atoms with E-state index >= 15 is 0 Å². The van der Waals surface area contributed by atoms with E-state index in [0.29, 0.717) is 23.8 Å². The highest BCUT2D eigenvalue weighted by atomic mass is 16.3. The van der Waals surface area contributed by atoms with Gasteiger partial charge in [-0.3, -0.25) is 4.79 Å². The molecule has 1 heterocycles. The van der Waals surface area contributed by atoms with Crippen molar-refractivity contribution >= 4 is 11.6 Å². The van der Waals surface area contributed by atoms with Gasteiger partial charge in [-0.15, -0.1) is 0 Å². The van der Waals surface area contributed by atoms with Crippen LogP contribution in [0.1, 0.15) is 37.6 Å². The zero-order valence-corrected chi connectivity index (χ0v) is 12.6. The lowest BCUT2D eigenvalue weighted by Crippen LogP contribution is -2.50. The molecule has 1 aliphatic heterocycles. The lowest BCUT2D eigenvalue weighted by Gasteiger charge is -2.35. The highest BCUT2D eigenvalue weighted by molar-refractivity contribution is 5.99. The molecule has 2 fully saturated rings. The largest absolute Gasteiger partial charge is 0.368 e. The van der Waals surface area contributed by atoms with Crippen molar-refractivity contribution in [2.75, 3.05) is 0 Å². The average molecular weight is 284 g/mol. The Morgan fingerprint density at radius 2 is 2.00 bits per heavy atom. The quantitative estimate of drug-likeness (QED) is 0.861. The normalized spacial score (nSPS) is 38.8. The van der Waals surface area contributed by atoms with Gasteiger partial charge in [-0.1, -0.05) is 32.0 Å². The van der Waals surface area contributed by atoms with E-state index in [-0.39, 0.29) is 17.2 Å². The number of nitrogens with zero attached hydrogens (tertiary/aromatic N) is 2. The number of carbonyl (C=O) groups excluding carboxylic acids is 1. The number of hydrogen-bond acceptors (Lipinski definition) is 3. The third-order valence-corrected chi connectivity index (χ3v) is 5.80.